The molecule has 0 atom stereocenters. The van der Waals surface area contributed by atoms with Crippen LogP contribution in [0.4, 0.5) is 11.4 Å². The van der Waals surface area contributed by atoms with Crippen LogP contribution in [0.5, 0.6) is 0 Å². The predicted molar refractivity (Wildman–Crippen MR) is 161 cm³/mol. The molecule has 6 rings (SSSR count). The molecule has 8 nitrogen and oxygen atoms in total. The van der Waals surface area contributed by atoms with Crippen LogP contribution >= 0.6 is 0 Å². The number of pyridine rings is 2. The number of nitrogens with zero attached hydrogens (tertiary/aromatic N) is 8. The fourth-order valence-corrected chi connectivity index (χ4v) is 4.40. The molecule has 0 fully saturated rings. The van der Waals surface area contributed by atoms with E-state index in [2.05, 4.69) is 54.2 Å². The van der Waals surface area contributed by atoms with Crippen molar-refractivity contribution < 1.29 is 0 Å². The molecule has 0 saturated heterocycles. The van der Waals surface area contributed by atoms with Crippen molar-refractivity contribution in [3.63, 3.8) is 0 Å². The van der Waals surface area contributed by atoms with E-state index in [9.17, 15) is 0 Å². The van der Waals surface area contributed by atoms with E-state index in [-0.39, 0.29) is 0 Å². The summed E-state index contributed by atoms with van der Waals surface area (Å²) in [6.45, 7) is 1.31. The maximum absolute atomic E-state index is 4.63. The average Bonchev–Trinajstić information content (AvgIpc) is 3.66. The highest BCUT2D eigenvalue weighted by Crippen LogP contribution is 2.19. The highest BCUT2D eigenvalue weighted by molar-refractivity contribution is 5.78. The van der Waals surface area contributed by atoms with Crippen LogP contribution in [-0.2, 0) is 19.5 Å². The summed E-state index contributed by atoms with van der Waals surface area (Å²) in [6, 6.07) is 28.4. The minimum Gasteiger partial charge on any atom is -0.324 e. The lowest BCUT2D eigenvalue weighted by Crippen LogP contribution is -2.04. The second-order valence-electron chi connectivity index (χ2n) is 9.49. The third kappa shape index (κ3) is 6.93. The molecule has 4 aromatic heterocycles. The van der Waals surface area contributed by atoms with Crippen LogP contribution < -0.4 is 0 Å². The number of aliphatic imine (C=N–C) groups is 2. The first-order chi connectivity index (χ1) is 20.3. The summed E-state index contributed by atoms with van der Waals surface area (Å²) in [5.74, 6) is 1.58. The van der Waals surface area contributed by atoms with Gasteiger partial charge in [0.05, 0.1) is 48.3 Å². The van der Waals surface area contributed by atoms with Gasteiger partial charge in [0, 0.05) is 37.2 Å². The van der Waals surface area contributed by atoms with Gasteiger partial charge >= 0.3 is 0 Å². The van der Waals surface area contributed by atoms with Crippen LogP contribution in [0.25, 0.3) is 0 Å². The molecule has 8 heteroatoms. The molecule has 0 spiro atoms. The lowest BCUT2D eigenvalue weighted by Gasteiger charge is -2.05. The van der Waals surface area contributed by atoms with Crippen molar-refractivity contribution in [3.8, 4) is 0 Å². The van der Waals surface area contributed by atoms with Crippen molar-refractivity contribution >= 4 is 23.8 Å². The molecule has 0 aliphatic rings. The molecule has 0 aliphatic heterocycles. The van der Waals surface area contributed by atoms with Gasteiger partial charge in [0.25, 0.3) is 0 Å². The Balaban J connectivity index is 1.04. The van der Waals surface area contributed by atoms with Crippen molar-refractivity contribution in [2.45, 2.75) is 19.5 Å². The number of imidazole rings is 2. The smallest absolute Gasteiger partial charge is 0.151 e. The van der Waals surface area contributed by atoms with Gasteiger partial charge in [-0.15, -0.1) is 0 Å². The molecule has 41 heavy (non-hydrogen) atoms. The molecule has 0 bridgehead atoms. The minimum absolute atomic E-state index is 0.654. The Hall–Kier alpha value is -5.50. The predicted octanol–water partition coefficient (Wildman–Crippen LogP) is 6.06. The summed E-state index contributed by atoms with van der Waals surface area (Å²) in [7, 11) is 0. The number of hydrogen-bond acceptors (Lipinski definition) is 6. The Kier molecular flexibility index (Phi) is 7.90. The Morgan fingerprint density at radius 1 is 0.512 bits per heavy atom. The van der Waals surface area contributed by atoms with Gasteiger partial charge in [0.1, 0.15) is 0 Å². The molecule has 6 aromatic rings. The molecule has 4 heterocycles. The fourth-order valence-electron chi connectivity index (χ4n) is 4.40. The van der Waals surface area contributed by atoms with E-state index in [0.29, 0.717) is 13.1 Å². The summed E-state index contributed by atoms with van der Waals surface area (Å²) in [5.41, 5.74) is 6.16. The average molecular weight is 537 g/mol. The number of aromatic nitrogens is 6. The maximum atomic E-state index is 4.63. The Morgan fingerprint density at radius 3 is 1.39 bits per heavy atom. The quantitative estimate of drug-likeness (QED) is 0.199. The summed E-state index contributed by atoms with van der Waals surface area (Å²) in [4.78, 5) is 26.9. The maximum Gasteiger partial charge on any atom is 0.151 e. The van der Waals surface area contributed by atoms with Gasteiger partial charge in [-0.2, -0.15) is 0 Å². The fraction of sp³-hybridized carbons (Fsp3) is 0.0909. The van der Waals surface area contributed by atoms with Crippen LogP contribution in [0.15, 0.2) is 132 Å². The molecule has 0 aliphatic carbocycles. The molecule has 0 amide bonds. The number of benzene rings is 2. The van der Waals surface area contributed by atoms with E-state index < -0.39 is 0 Å². The monoisotopic (exact) mass is 536 g/mol. The van der Waals surface area contributed by atoms with Crippen molar-refractivity contribution in [3.05, 3.63) is 156 Å². The minimum atomic E-state index is 0.654. The van der Waals surface area contributed by atoms with E-state index in [0.717, 1.165) is 40.8 Å². The first kappa shape index (κ1) is 25.8. The zero-order chi connectivity index (χ0) is 27.7. The van der Waals surface area contributed by atoms with E-state index >= 15 is 0 Å². The van der Waals surface area contributed by atoms with Crippen molar-refractivity contribution in [1.82, 2.24) is 29.1 Å². The summed E-state index contributed by atoms with van der Waals surface area (Å²) in [6.07, 6.45) is 15.5. The first-order valence-corrected chi connectivity index (χ1v) is 13.4. The van der Waals surface area contributed by atoms with Crippen LogP contribution in [0, 0.1) is 0 Å². The molecule has 0 unspecified atom stereocenters. The van der Waals surface area contributed by atoms with Crippen LogP contribution in [0.2, 0.25) is 0 Å². The van der Waals surface area contributed by atoms with Gasteiger partial charge in [0.15, 0.2) is 11.6 Å². The Labute approximate surface area is 238 Å². The third-order valence-electron chi connectivity index (χ3n) is 6.55. The lowest BCUT2D eigenvalue weighted by molar-refractivity contribution is 0.767. The van der Waals surface area contributed by atoms with Crippen LogP contribution in [0.1, 0.15) is 34.2 Å². The molecule has 0 radical (unpaired) electrons. The van der Waals surface area contributed by atoms with Crippen molar-refractivity contribution in [1.29, 1.82) is 0 Å². The molecular formula is C33H28N8. The SMILES string of the molecule is C(=Nc1ccc(Cc2ccc(N=Cc3nccn3Cc3ccccn3)cc2)cc1)c1nccn1Cc1ccccn1. The molecule has 200 valence electrons. The zero-order valence-electron chi connectivity index (χ0n) is 22.4. The number of hydrogen-bond donors (Lipinski definition) is 0. The van der Waals surface area contributed by atoms with Gasteiger partial charge in [-0.3, -0.25) is 20.0 Å². The highest BCUT2D eigenvalue weighted by Gasteiger charge is 2.04. The highest BCUT2D eigenvalue weighted by atomic mass is 15.1. The van der Waals surface area contributed by atoms with Crippen LogP contribution in [0.3, 0.4) is 0 Å². The topological polar surface area (TPSA) is 86.1 Å². The van der Waals surface area contributed by atoms with E-state index in [1.54, 1.807) is 37.2 Å². The van der Waals surface area contributed by atoms with Crippen LogP contribution in [-0.4, -0.2) is 41.5 Å². The molecule has 0 saturated carbocycles. The van der Waals surface area contributed by atoms with E-state index in [4.69, 9.17) is 0 Å². The third-order valence-corrected chi connectivity index (χ3v) is 6.55. The van der Waals surface area contributed by atoms with Gasteiger partial charge < -0.3 is 9.13 Å². The molecule has 2 aromatic carbocycles. The van der Waals surface area contributed by atoms with E-state index in [1.165, 1.54) is 11.1 Å². The number of rotatable bonds is 10. The van der Waals surface area contributed by atoms with Gasteiger partial charge in [0.2, 0.25) is 0 Å². The largest absolute Gasteiger partial charge is 0.324 e. The first-order valence-electron chi connectivity index (χ1n) is 13.4. The standard InChI is InChI=1S/C33H28N8/c1-3-15-34-30(5-1)24-40-19-17-36-32(40)22-38-28-11-7-26(8-12-28)21-27-9-13-29(14-10-27)39-23-33-37-18-20-41(33)25-31-6-2-4-16-35-31/h1-20,22-23H,21,24-25H2. The second-order valence-corrected chi connectivity index (χ2v) is 9.49. The summed E-state index contributed by atoms with van der Waals surface area (Å²) in [5, 5.41) is 0. The molecular weight excluding hydrogens is 508 g/mol. The van der Waals surface area contributed by atoms with Gasteiger partial charge in [-0.05, 0) is 66.1 Å². The van der Waals surface area contributed by atoms with E-state index in [1.807, 2.05) is 82.2 Å². The van der Waals surface area contributed by atoms with Crippen molar-refractivity contribution in [2.24, 2.45) is 9.98 Å². The van der Waals surface area contributed by atoms with Crippen molar-refractivity contribution in [2.75, 3.05) is 0 Å². The van der Waals surface area contributed by atoms with Gasteiger partial charge in [-0.25, -0.2) is 9.97 Å². The molecule has 0 N–H and O–H groups in total. The Bertz CT molecular complexity index is 1600. The second kappa shape index (κ2) is 12.6. The van der Waals surface area contributed by atoms with Gasteiger partial charge in [-0.1, -0.05) is 36.4 Å². The lowest BCUT2D eigenvalue weighted by atomic mass is 10.0. The normalized spacial score (nSPS) is 11.5. The zero-order valence-corrected chi connectivity index (χ0v) is 22.4. The Morgan fingerprint density at radius 2 is 0.976 bits per heavy atom. The summed E-state index contributed by atoms with van der Waals surface area (Å²) >= 11 is 0. The summed E-state index contributed by atoms with van der Waals surface area (Å²) < 4.78 is 4.06.